The van der Waals surface area contributed by atoms with Crippen LogP contribution in [0.1, 0.15) is 84.5 Å². The zero-order chi connectivity index (χ0) is 16.5. The van der Waals surface area contributed by atoms with Gasteiger partial charge in [0.25, 0.3) is 0 Å². The number of hydrogen-bond donors (Lipinski definition) is 0. The van der Waals surface area contributed by atoms with Crippen LogP contribution in [-0.2, 0) is 9.53 Å². The fourth-order valence-electron chi connectivity index (χ4n) is 2.27. The number of hydrogen-bond acceptors (Lipinski definition) is 2. The van der Waals surface area contributed by atoms with Gasteiger partial charge in [-0.15, -0.1) is 0 Å². The Kier molecular flexibility index (Phi) is 15.5. The Balaban J connectivity index is 3.28. The monoisotopic (exact) mass is 308 g/mol. The molecule has 128 valence electrons. The van der Waals surface area contributed by atoms with Crippen LogP contribution in [0.5, 0.6) is 0 Å². The molecule has 22 heavy (non-hydrogen) atoms. The number of allylic oxidation sites excluding steroid dienone is 4. The molecule has 0 rings (SSSR count). The summed E-state index contributed by atoms with van der Waals surface area (Å²) in [5.41, 5.74) is 0. The van der Waals surface area contributed by atoms with Crippen LogP contribution in [0.4, 0.5) is 0 Å². The predicted molar refractivity (Wildman–Crippen MR) is 95.9 cm³/mol. The summed E-state index contributed by atoms with van der Waals surface area (Å²) in [7, 11) is 1.44. The van der Waals surface area contributed by atoms with Gasteiger partial charge in [0, 0.05) is 6.42 Å². The van der Waals surface area contributed by atoms with Gasteiger partial charge in [0.15, 0.2) is 0 Å². The molecule has 0 heterocycles. The maximum absolute atomic E-state index is 10.9. The van der Waals surface area contributed by atoms with E-state index in [1.165, 1.54) is 45.6 Å². The van der Waals surface area contributed by atoms with E-state index in [0.717, 1.165) is 31.6 Å². The van der Waals surface area contributed by atoms with Gasteiger partial charge in [-0.2, -0.15) is 0 Å². The lowest BCUT2D eigenvalue weighted by molar-refractivity contribution is -0.140. The maximum atomic E-state index is 10.9. The van der Waals surface area contributed by atoms with Gasteiger partial charge in [-0.25, -0.2) is 0 Å². The molecule has 0 saturated carbocycles. The third-order valence-corrected chi connectivity index (χ3v) is 4.08. The van der Waals surface area contributed by atoms with E-state index in [1.54, 1.807) is 0 Å². The highest BCUT2D eigenvalue weighted by molar-refractivity contribution is 5.68. The lowest BCUT2D eigenvalue weighted by Crippen LogP contribution is -1.98. The average molecular weight is 309 g/mol. The van der Waals surface area contributed by atoms with Crippen LogP contribution >= 0.6 is 0 Å². The number of carbonyl (C=O) groups is 1. The van der Waals surface area contributed by atoms with Crippen molar-refractivity contribution in [2.24, 2.45) is 5.92 Å². The molecule has 2 nitrogen and oxygen atoms in total. The molecule has 0 aromatic rings. The standard InChI is InChI=1S/C20H36O2/c1-4-19(2)17-15-13-11-9-7-5-6-8-10-12-14-16-18-20(21)22-3/h5,7,10,12,19H,4,6,8-9,11,13-18H2,1-3H3/b7-5+,12-10+. The van der Waals surface area contributed by atoms with Gasteiger partial charge >= 0.3 is 5.97 Å². The maximum Gasteiger partial charge on any atom is 0.305 e. The first-order valence-electron chi connectivity index (χ1n) is 9.07. The first-order valence-corrected chi connectivity index (χ1v) is 9.07. The molecule has 1 unspecified atom stereocenters. The largest absolute Gasteiger partial charge is 0.469 e. The van der Waals surface area contributed by atoms with Crippen molar-refractivity contribution in [3.8, 4) is 0 Å². The minimum Gasteiger partial charge on any atom is -0.469 e. The molecule has 0 bridgehead atoms. The second kappa shape index (κ2) is 16.3. The van der Waals surface area contributed by atoms with E-state index in [2.05, 4.69) is 42.9 Å². The molecule has 2 heteroatoms. The zero-order valence-corrected chi connectivity index (χ0v) is 15.0. The van der Waals surface area contributed by atoms with Crippen molar-refractivity contribution in [2.75, 3.05) is 7.11 Å². The topological polar surface area (TPSA) is 26.3 Å². The molecule has 0 saturated heterocycles. The molecule has 0 aromatic carbocycles. The first kappa shape index (κ1) is 20.9. The van der Waals surface area contributed by atoms with E-state index in [1.807, 2.05) is 0 Å². The SMILES string of the molecule is CCC(C)CCCCC/C=C/CC/C=C/CCCC(=O)OC. The summed E-state index contributed by atoms with van der Waals surface area (Å²) in [6.07, 6.45) is 21.6. The van der Waals surface area contributed by atoms with Gasteiger partial charge < -0.3 is 4.74 Å². The van der Waals surface area contributed by atoms with Crippen LogP contribution in [0.2, 0.25) is 0 Å². The van der Waals surface area contributed by atoms with Crippen molar-refractivity contribution in [2.45, 2.75) is 84.5 Å². The van der Waals surface area contributed by atoms with Crippen molar-refractivity contribution in [3.05, 3.63) is 24.3 Å². The minimum atomic E-state index is -0.111. The van der Waals surface area contributed by atoms with Gasteiger partial charge in [0.2, 0.25) is 0 Å². The lowest BCUT2D eigenvalue weighted by atomic mass is 10.0. The summed E-state index contributed by atoms with van der Waals surface area (Å²) in [6.45, 7) is 4.63. The van der Waals surface area contributed by atoms with E-state index in [-0.39, 0.29) is 5.97 Å². The van der Waals surface area contributed by atoms with E-state index >= 15 is 0 Å². The van der Waals surface area contributed by atoms with Crippen molar-refractivity contribution < 1.29 is 9.53 Å². The number of rotatable bonds is 14. The van der Waals surface area contributed by atoms with Crippen LogP contribution in [0.25, 0.3) is 0 Å². The Bertz CT molecular complexity index is 305. The molecular formula is C20H36O2. The third-order valence-electron chi connectivity index (χ3n) is 4.08. The molecule has 0 spiro atoms. The predicted octanol–water partition coefficient (Wildman–Crippen LogP) is 6.22. The molecule has 0 radical (unpaired) electrons. The Morgan fingerprint density at radius 2 is 1.50 bits per heavy atom. The molecule has 1 atom stereocenters. The second-order valence-electron chi connectivity index (χ2n) is 6.14. The number of esters is 1. The third kappa shape index (κ3) is 15.3. The molecule has 0 N–H and O–H groups in total. The molecule has 0 aliphatic carbocycles. The normalized spacial score (nSPS) is 13.0. The van der Waals surface area contributed by atoms with Crippen molar-refractivity contribution in [1.29, 1.82) is 0 Å². The minimum absolute atomic E-state index is 0.111. The van der Waals surface area contributed by atoms with Crippen LogP contribution < -0.4 is 0 Å². The van der Waals surface area contributed by atoms with Crippen LogP contribution in [0.15, 0.2) is 24.3 Å². The van der Waals surface area contributed by atoms with Crippen LogP contribution in [0.3, 0.4) is 0 Å². The zero-order valence-electron chi connectivity index (χ0n) is 15.0. The first-order chi connectivity index (χ1) is 10.7. The number of ether oxygens (including phenoxy) is 1. The number of methoxy groups -OCH3 is 1. The van der Waals surface area contributed by atoms with Gasteiger partial charge in [-0.05, 0) is 44.4 Å². The van der Waals surface area contributed by atoms with E-state index < -0.39 is 0 Å². The molecule has 0 aromatic heterocycles. The van der Waals surface area contributed by atoms with Gasteiger partial charge in [0.05, 0.1) is 7.11 Å². The summed E-state index contributed by atoms with van der Waals surface area (Å²) in [5.74, 6) is 0.787. The van der Waals surface area contributed by atoms with Gasteiger partial charge in [-0.1, -0.05) is 63.8 Å². The highest BCUT2D eigenvalue weighted by Gasteiger charge is 1.97. The highest BCUT2D eigenvalue weighted by atomic mass is 16.5. The van der Waals surface area contributed by atoms with Crippen LogP contribution in [0, 0.1) is 5.92 Å². The highest BCUT2D eigenvalue weighted by Crippen LogP contribution is 2.13. The fraction of sp³-hybridized carbons (Fsp3) is 0.750. The molecular weight excluding hydrogens is 272 g/mol. The molecule has 0 fully saturated rings. The van der Waals surface area contributed by atoms with Crippen molar-refractivity contribution in [3.63, 3.8) is 0 Å². The van der Waals surface area contributed by atoms with E-state index in [9.17, 15) is 4.79 Å². The van der Waals surface area contributed by atoms with Gasteiger partial charge in [-0.3, -0.25) is 4.79 Å². The summed E-state index contributed by atoms with van der Waals surface area (Å²) in [4.78, 5) is 10.9. The smallest absolute Gasteiger partial charge is 0.305 e. The lowest BCUT2D eigenvalue weighted by Gasteiger charge is -2.06. The Hall–Kier alpha value is -1.05. The molecule has 0 aliphatic heterocycles. The summed E-state index contributed by atoms with van der Waals surface area (Å²) < 4.78 is 4.60. The van der Waals surface area contributed by atoms with Crippen molar-refractivity contribution >= 4 is 5.97 Å². The second-order valence-corrected chi connectivity index (χ2v) is 6.14. The van der Waals surface area contributed by atoms with Crippen molar-refractivity contribution in [1.82, 2.24) is 0 Å². The Morgan fingerprint density at radius 1 is 0.909 bits per heavy atom. The number of carbonyl (C=O) groups excluding carboxylic acids is 1. The fourth-order valence-corrected chi connectivity index (χ4v) is 2.27. The van der Waals surface area contributed by atoms with E-state index in [4.69, 9.17) is 0 Å². The van der Waals surface area contributed by atoms with Gasteiger partial charge in [0.1, 0.15) is 0 Å². The van der Waals surface area contributed by atoms with E-state index in [0.29, 0.717) is 6.42 Å². The summed E-state index contributed by atoms with van der Waals surface area (Å²) in [5, 5.41) is 0. The Morgan fingerprint density at radius 3 is 2.09 bits per heavy atom. The molecule has 0 aliphatic rings. The Labute approximate surface area is 138 Å². The average Bonchev–Trinajstić information content (AvgIpc) is 2.54. The van der Waals surface area contributed by atoms with Crippen LogP contribution in [-0.4, -0.2) is 13.1 Å². The quantitative estimate of drug-likeness (QED) is 0.216. The number of unbranched alkanes of at least 4 members (excludes halogenated alkanes) is 5. The summed E-state index contributed by atoms with van der Waals surface area (Å²) in [6, 6.07) is 0. The molecule has 0 amide bonds. The summed E-state index contributed by atoms with van der Waals surface area (Å²) >= 11 is 0.